The molecule has 1 fully saturated rings. The SMILES string of the molecule is CC(N)c1ccc(S(=O)(=O)NCC2(C)CCCS2)cc1. The lowest BCUT2D eigenvalue weighted by Crippen LogP contribution is -2.36. The molecule has 1 aliphatic heterocycles. The van der Waals surface area contributed by atoms with Crippen molar-refractivity contribution in [2.24, 2.45) is 5.73 Å². The molecule has 6 heteroatoms. The Labute approximate surface area is 125 Å². The molecule has 3 N–H and O–H groups in total. The van der Waals surface area contributed by atoms with Crippen molar-refractivity contribution in [3.8, 4) is 0 Å². The van der Waals surface area contributed by atoms with Gasteiger partial charge in [0.2, 0.25) is 10.0 Å². The highest BCUT2D eigenvalue weighted by atomic mass is 32.2. The van der Waals surface area contributed by atoms with Crippen LogP contribution in [0.25, 0.3) is 0 Å². The van der Waals surface area contributed by atoms with Crippen LogP contribution in [0.15, 0.2) is 29.2 Å². The zero-order valence-electron chi connectivity index (χ0n) is 11.9. The normalized spacial score (nSPS) is 24.8. The van der Waals surface area contributed by atoms with Gasteiger partial charge in [0.05, 0.1) is 4.90 Å². The number of nitrogens with two attached hydrogens (primary N) is 1. The van der Waals surface area contributed by atoms with Crippen LogP contribution in [0.1, 0.15) is 38.3 Å². The Kier molecular flexibility index (Phi) is 4.79. The minimum atomic E-state index is -3.43. The van der Waals surface area contributed by atoms with E-state index in [1.165, 1.54) is 0 Å². The molecular weight excluding hydrogens is 292 g/mol. The highest BCUT2D eigenvalue weighted by Crippen LogP contribution is 2.37. The van der Waals surface area contributed by atoms with E-state index in [1.54, 1.807) is 24.3 Å². The van der Waals surface area contributed by atoms with E-state index in [1.807, 2.05) is 18.7 Å². The Morgan fingerprint density at radius 2 is 2.05 bits per heavy atom. The van der Waals surface area contributed by atoms with Crippen LogP contribution in [0.5, 0.6) is 0 Å². The Bertz CT molecular complexity index is 547. The van der Waals surface area contributed by atoms with Crippen LogP contribution >= 0.6 is 11.8 Å². The van der Waals surface area contributed by atoms with E-state index in [2.05, 4.69) is 11.6 Å². The fourth-order valence-electron chi connectivity index (χ4n) is 2.26. The summed E-state index contributed by atoms with van der Waals surface area (Å²) in [6.07, 6.45) is 2.22. The predicted octanol–water partition coefficient (Wildman–Crippen LogP) is 2.27. The monoisotopic (exact) mass is 314 g/mol. The van der Waals surface area contributed by atoms with E-state index in [-0.39, 0.29) is 10.8 Å². The molecule has 0 saturated carbocycles. The van der Waals surface area contributed by atoms with E-state index in [0.717, 1.165) is 24.2 Å². The molecule has 112 valence electrons. The quantitative estimate of drug-likeness (QED) is 0.874. The van der Waals surface area contributed by atoms with E-state index >= 15 is 0 Å². The highest BCUT2D eigenvalue weighted by molar-refractivity contribution is 8.01. The molecule has 2 unspecified atom stereocenters. The van der Waals surface area contributed by atoms with Gasteiger partial charge < -0.3 is 5.73 Å². The van der Waals surface area contributed by atoms with Crippen LogP contribution in [0.4, 0.5) is 0 Å². The summed E-state index contributed by atoms with van der Waals surface area (Å²) in [5.41, 5.74) is 6.70. The third-order valence-corrected chi connectivity index (χ3v) is 6.61. The second-order valence-electron chi connectivity index (χ2n) is 5.58. The molecular formula is C14H22N2O2S2. The van der Waals surface area contributed by atoms with Gasteiger partial charge in [-0.1, -0.05) is 12.1 Å². The van der Waals surface area contributed by atoms with Crippen LogP contribution < -0.4 is 10.5 Å². The molecule has 1 saturated heterocycles. The molecule has 4 nitrogen and oxygen atoms in total. The number of hydrogen-bond acceptors (Lipinski definition) is 4. The van der Waals surface area contributed by atoms with Gasteiger partial charge in [-0.25, -0.2) is 13.1 Å². The highest BCUT2D eigenvalue weighted by Gasteiger charge is 2.31. The third kappa shape index (κ3) is 3.75. The minimum Gasteiger partial charge on any atom is -0.324 e. The summed E-state index contributed by atoms with van der Waals surface area (Å²) in [4.78, 5) is 0.300. The van der Waals surface area contributed by atoms with Gasteiger partial charge in [0.15, 0.2) is 0 Å². The Morgan fingerprint density at radius 1 is 1.40 bits per heavy atom. The first-order valence-corrected chi connectivity index (χ1v) is 9.28. The molecule has 0 radical (unpaired) electrons. The molecule has 1 heterocycles. The summed E-state index contributed by atoms with van der Waals surface area (Å²) in [5.74, 6) is 1.11. The average Bonchev–Trinajstić information content (AvgIpc) is 2.84. The molecule has 2 rings (SSSR count). The van der Waals surface area contributed by atoms with Gasteiger partial charge in [-0.2, -0.15) is 11.8 Å². The number of nitrogens with one attached hydrogen (secondary N) is 1. The maximum Gasteiger partial charge on any atom is 0.240 e. The van der Waals surface area contributed by atoms with E-state index in [4.69, 9.17) is 5.73 Å². The minimum absolute atomic E-state index is 0.0266. The number of hydrogen-bond donors (Lipinski definition) is 2. The summed E-state index contributed by atoms with van der Waals surface area (Å²) in [5, 5.41) is 0. The number of benzene rings is 1. The van der Waals surface area contributed by atoms with Crippen molar-refractivity contribution in [1.82, 2.24) is 4.72 Å². The van der Waals surface area contributed by atoms with E-state index < -0.39 is 10.0 Å². The van der Waals surface area contributed by atoms with Gasteiger partial charge in [0.25, 0.3) is 0 Å². The first-order chi connectivity index (χ1) is 9.32. The molecule has 0 aromatic heterocycles. The summed E-state index contributed by atoms with van der Waals surface area (Å²) in [7, 11) is -3.43. The molecule has 0 aliphatic carbocycles. The Morgan fingerprint density at radius 3 is 2.55 bits per heavy atom. The van der Waals surface area contributed by atoms with Crippen molar-refractivity contribution in [2.45, 2.75) is 42.4 Å². The Balaban J connectivity index is 2.06. The number of thioether (sulfide) groups is 1. The van der Waals surface area contributed by atoms with Gasteiger partial charge in [-0.15, -0.1) is 0 Å². The van der Waals surface area contributed by atoms with Crippen molar-refractivity contribution in [3.05, 3.63) is 29.8 Å². The molecule has 0 spiro atoms. The lowest BCUT2D eigenvalue weighted by molar-refractivity contribution is 0.552. The van der Waals surface area contributed by atoms with Crippen molar-refractivity contribution < 1.29 is 8.42 Å². The molecule has 1 aliphatic rings. The van der Waals surface area contributed by atoms with Gasteiger partial charge in [-0.05, 0) is 50.1 Å². The molecule has 0 amide bonds. The topological polar surface area (TPSA) is 72.2 Å². The van der Waals surface area contributed by atoms with Crippen molar-refractivity contribution in [1.29, 1.82) is 0 Å². The van der Waals surface area contributed by atoms with Crippen LogP contribution in [0.2, 0.25) is 0 Å². The summed E-state index contributed by atoms with van der Waals surface area (Å²) < 4.78 is 27.3. The van der Waals surface area contributed by atoms with Gasteiger partial charge >= 0.3 is 0 Å². The lowest BCUT2D eigenvalue weighted by atomic mass is 10.1. The zero-order valence-corrected chi connectivity index (χ0v) is 13.6. The number of sulfonamides is 1. The molecule has 2 atom stereocenters. The summed E-state index contributed by atoms with van der Waals surface area (Å²) in [6.45, 7) is 4.47. The first kappa shape index (κ1) is 15.8. The third-order valence-electron chi connectivity index (χ3n) is 3.65. The van der Waals surface area contributed by atoms with Crippen molar-refractivity contribution >= 4 is 21.8 Å². The standard InChI is InChI=1S/C14H22N2O2S2/c1-11(15)12-4-6-13(7-5-12)20(17,18)16-10-14(2)8-3-9-19-14/h4-7,11,16H,3,8-10,15H2,1-2H3. The second kappa shape index (κ2) is 6.05. The lowest BCUT2D eigenvalue weighted by Gasteiger charge is -2.22. The van der Waals surface area contributed by atoms with Gasteiger partial charge in [0, 0.05) is 17.3 Å². The van der Waals surface area contributed by atoms with Crippen LogP contribution in [0.3, 0.4) is 0 Å². The zero-order chi connectivity index (χ0) is 14.8. The van der Waals surface area contributed by atoms with Crippen molar-refractivity contribution in [2.75, 3.05) is 12.3 Å². The largest absolute Gasteiger partial charge is 0.324 e. The molecule has 1 aromatic rings. The average molecular weight is 314 g/mol. The number of rotatable bonds is 5. The van der Waals surface area contributed by atoms with Crippen LogP contribution in [-0.4, -0.2) is 25.5 Å². The van der Waals surface area contributed by atoms with E-state index in [0.29, 0.717) is 11.4 Å². The fraction of sp³-hybridized carbons (Fsp3) is 0.571. The molecule has 1 aromatic carbocycles. The van der Waals surface area contributed by atoms with Crippen molar-refractivity contribution in [3.63, 3.8) is 0 Å². The summed E-state index contributed by atoms with van der Waals surface area (Å²) >= 11 is 1.84. The summed E-state index contributed by atoms with van der Waals surface area (Å²) in [6, 6.07) is 6.68. The van der Waals surface area contributed by atoms with E-state index in [9.17, 15) is 8.42 Å². The predicted molar refractivity (Wildman–Crippen MR) is 84.3 cm³/mol. The second-order valence-corrected chi connectivity index (χ2v) is 9.03. The smallest absolute Gasteiger partial charge is 0.240 e. The Hall–Kier alpha value is -0.560. The van der Waals surface area contributed by atoms with Crippen LogP contribution in [-0.2, 0) is 10.0 Å². The maximum atomic E-state index is 12.3. The van der Waals surface area contributed by atoms with Gasteiger partial charge in [0.1, 0.15) is 0 Å². The van der Waals surface area contributed by atoms with Crippen LogP contribution in [0, 0.1) is 0 Å². The molecule has 20 heavy (non-hydrogen) atoms. The maximum absolute atomic E-state index is 12.3. The van der Waals surface area contributed by atoms with Gasteiger partial charge in [-0.3, -0.25) is 0 Å². The molecule has 0 bridgehead atoms. The fourth-order valence-corrected chi connectivity index (χ4v) is 4.76. The first-order valence-electron chi connectivity index (χ1n) is 6.82.